The Bertz CT molecular complexity index is 795. The molecule has 0 bridgehead atoms. The number of carbonyl (C=O) groups is 1. The third-order valence-electron chi connectivity index (χ3n) is 3.09. The molecular formula is C17H14ClN3O2. The number of halogens is 1. The first-order chi connectivity index (χ1) is 11.0. The highest BCUT2D eigenvalue weighted by Crippen LogP contribution is 2.31. The van der Waals surface area contributed by atoms with Crippen LogP contribution in [0.2, 0.25) is 5.02 Å². The molecule has 0 unspecified atom stereocenters. The second-order valence-corrected chi connectivity index (χ2v) is 5.12. The Morgan fingerprint density at radius 1 is 1.48 bits per heavy atom. The van der Waals surface area contributed by atoms with Crippen molar-refractivity contribution in [2.45, 2.75) is 6.92 Å². The van der Waals surface area contributed by atoms with E-state index in [-0.39, 0.29) is 5.57 Å². The van der Waals surface area contributed by atoms with Gasteiger partial charge in [-0.1, -0.05) is 17.7 Å². The van der Waals surface area contributed by atoms with Crippen molar-refractivity contribution < 1.29 is 9.53 Å². The summed E-state index contributed by atoms with van der Waals surface area (Å²) >= 11 is 6.03. The van der Waals surface area contributed by atoms with Crippen LogP contribution in [0.1, 0.15) is 11.1 Å². The Morgan fingerprint density at radius 3 is 2.87 bits per heavy atom. The summed E-state index contributed by atoms with van der Waals surface area (Å²) < 4.78 is 5.20. The van der Waals surface area contributed by atoms with E-state index in [9.17, 15) is 10.1 Å². The van der Waals surface area contributed by atoms with Crippen LogP contribution in [0.3, 0.4) is 0 Å². The van der Waals surface area contributed by atoms with Crippen molar-refractivity contribution in [2.24, 2.45) is 0 Å². The van der Waals surface area contributed by atoms with Crippen molar-refractivity contribution in [3.63, 3.8) is 0 Å². The van der Waals surface area contributed by atoms with E-state index in [1.165, 1.54) is 13.2 Å². The summed E-state index contributed by atoms with van der Waals surface area (Å²) in [6.07, 6.45) is 4.65. The fourth-order valence-electron chi connectivity index (χ4n) is 1.90. The summed E-state index contributed by atoms with van der Waals surface area (Å²) in [5.74, 6) is -0.107. The molecule has 0 spiro atoms. The lowest BCUT2D eigenvalue weighted by molar-refractivity contribution is -0.112. The van der Waals surface area contributed by atoms with Crippen molar-refractivity contribution >= 4 is 29.3 Å². The highest BCUT2D eigenvalue weighted by molar-refractivity contribution is 6.31. The average Bonchev–Trinajstić information content (AvgIpc) is 2.56. The van der Waals surface area contributed by atoms with Crippen molar-refractivity contribution in [2.75, 3.05) is 12.4 Å². The molecule has 0 fully saturated rings. The second-order valence-electron chi connectivity index (χ2n) is 4.71. The lowest BCUT2D eigenvalue weighted by Gasteiger charge is -2.12. The van der Waals surface area contributed by atoms with Gasteiger partial charge in [0, 0.05) is 23.5 Å². The van der Waals surface area contributed by atoms with Gasteiger partial charge in [-0.25, -0.2) is 0 Å². The molecule has 0 aliphatic carbocycles. The molecule has 5 nitrogen and oxygen atoms in total. The van der Waals surface area contributed by atoms with Crippen LogP contribution in [-0.4, -0.2) is 18.0 Å². The lowest BCUT2D eigenvalue weighted by atomic mass is 10.1. The number of anilines is 1. The number of pyridine rings is 1. The van der Waals surface area contributed by atoms with Gasteiger partial charge in [-0.3, -0.25) is 9.78 Å². The minimum Gasteiger partial charge on any atom is -0.495 e. The average molecular weight is 328 g/mol. The number of methoxy groups -OCH3 is 1. The molecule has 1 amide bonds. The van der Waals surface area contributed by atoms with Crippen LogP contribution >= 0.6 is 11.6 Å². The van der Waals surface area contributed by atoms with Gasteiger partial charge in [0.2, 0.25) is 0 Å². The van der Waals surface area contributed by atoms with E-state index in [0.717, 1.165) is 5.56 Å². The van der Waals surface area contributed by atoms with Crippen molar-refractivity contribution in [3.05, 3.63) is 58.4 Å². The van der Waals surface area contributed by atoms with Gasteiger partial charge in [-0.05, 0) is 36.3 Å². The molecule has 1 heterocycles. The summed E-state index contributed by atoms with van der Waals surface area (Å²) in [7, 11) is 1.48. The first-order valence-electron chi connectivity index (χ1n) is 6.72. The van der Waals surface area contributed by atoms with E-state index in [4.69, 9.17) is 16.3 Å². The highest BCUT2D eigenvalue weighted by atomic mass is 35.5. The van der Waals surface area contributed by atoms with Gasteiger partial charge >= 0.3 is 0 Å². The van der Waals surface area contributed by atoms with Crippen LogP contribution in [0.5, 0.6) is 5.75 Å². The quantitative estimate of drug-likeness (QED) is 0.687. The number of nitriles is 1. The molecule has 0 saturated heterocycles. The molecule has 2 aromatic rings. The molecule has 1 aromatic heterocycles. The number of benzene rings is 1. The van der Waals surface area contributed by atoms with E-state index >= 15 is 0 Å². The van der Waals surface area contributed by atoms with Crippen LogP contribution in [0.4, 0.5) is 5.69 Å². The topological polar surface area (TPSA) is 75.0 Å². The summed E-state index contributed by atoms with van der Waals surface area (Å²) in [6, 6.07) is 8.68. The fourth-order valence-corrected chi connectivity index (χ4v) is 2.05. The summed E-state index contributed by atoms with van der Waals surface area (Å²) in [6.45, 7) is 1.81. The summed E-state index contributed by atoms with van der Waals surface area (Å²) in [5.41, 5.74) is 1.87. The Kier molecular flexibility index (Phi) is 5.34. The maximum Gasteiger partial charge on any atom is 0.266 e. The largest absolute Gasteiger partial charge is 0.495 e. The number of nitrogens with one attached hydrogen (secondary N) is 1. The smallest absolute Gasteiger partial charge is 0.266 e. The van der Waals surface area contributed by atoms with Crippen molar-refractivity contribution in [1.29, 1.82) is 5.26 Å². The number of amides is 1. The molecule has 0 radical (unpaired) electrons. The molecule has 0 saturated carbocycles. The summed E-state index contributed by atoms with van der Waals surface area (Å²) in [5, 5.41) is 12.4. The standard InChI is InChI=1S/C17H14ClN3O2/c1-11-6-15(16(23-2)8-14(11)18)21-17(22)13(9-19)7-12-4-3-5-20-10-12/h3-8,10H,1-2H3,(H,21,22)/b13-7-. The first kappa shape index (κ1) is 16.5. The number of ether oxygens (including phenoxy) is 1. The molecule has 23 heavy (non-hydrogen) atoms. The maximum atomic E-state index is 12.3. The first-order valence-corrected chi connectivity index (χ1v) is 7.10. The number of rotatable bonds is 4. The van der Waals surface area contributed by atoms with Crippen LogP contribution in [0.25, 0.3) is 6.08 Å². The number of hydrogen-bond donors (Lipinski definition) is 1. The molecule has 1 aromatic carbocycles. The second kappa shape index (κ2) is 7.43. The fraction of sp³-hybridized carbons (Fsp3) is 0.118. The minimum atomic E-state index is -0.531. The molecular weight excluding hydrogens is 314 g/mol. The normalized spacial score (nSPS) is 10.8. The monoisotopic (exact) mass is 327 g/mol. The van der Waals surface area contributed by atoms with Gasteiger partial charge in [0.15, 0.2) is 0 Å². The molecule has 0 atom stereocenters. The summed E-state index contributed by atoms with van der Waals surface area (Å²) in [4.78, 5) is 16.2. The minimum absolute atomic E-state index is 0.0346. The van der Waals surface area contributed by atoms with Gasteiger partial charge < -0.3 is 10.1 Å². The molecule has 1 N–H and O–H groups in total. The number of nitrogens with zero attached hydrogens (tertiary/aromatic N) is 2. The van der Waals surface area contributed by atoms with Gasteiger partial charge in [-0.15, -0.1) is 0 Å². The lowest BCUT2D eigenvalue weighted by Crippen LogP contribution is -2.14. The molecule has 0 aliphatic heterocycles. The predicted octanol–water partition coefficient (Wildman–Crippen LogP) is 3.60. The SMILES string of the molecule is COc1cc(Cl)c(C)cc1NC(=O)/C(C#N)=C\c1cccnc1. The van der Waals surface area contributed by atoms with Crippen LogP contribution < -0.4 is 10.1 Å². The zero-order valence-corrected chi connectivity index (χ0v) is 13.4. The van der Waals surface area contributed by atoms with E-state index in [1.807, 2.05) is 13.0 Å². The number of aromatic nitrogens is 1. The van der Waals surface area contributed by atoms with Gasteiger partial charge in [-0.2, -0.15) is 5.26 Å². The Labute approximate surface area is 139 Å². The van der Waals surface area contributed by atoms with E-state index < -0.39 is 5.91 Å². The van der Waals surface area contributed by atoms with E-state index in [1.54, 1.807) is 36.7 Å². The Balaban J connectivity index is 2.29. The third kappa shape index (κ3) is 4.09. The van der Waals surface area contributed by atoms with Gasteiger partial charge in [0.1, 0.15) is 17.4 Å². The third-order valence-corrected chi connectivity index (χ3v) is 3.50. The number of aryl methyl sites for hydroxylation is 1. The van der Waals surface area contributed by atoms with E-state index in [2.05, 4.69) is 10.3 Å². The zero-order valence-electron chi connectivity index (χ0n) is 12.6. The van der Waals surface area contributed by atoms with Crippen LogP contribution in [-0.2, 0) is 4.79 Å². The van der Waals surface area contributed by atoms with E-state index in [0.29, 0.717) is 22.0 Å². The van der Waals surface area contributed by atoms with Crippen LogP contribution in [0.15, 0.2) is 42.2 Å². The van der Waals surface area contributed by atoms with Gasteiger partial charge in [0.05, 0.1) is 12.8 Å². The molecule has 0 aliphatic rings. The Morgan fingerprint density at radius 2 is 2.26 bits per heavy atom. The van der Waals surface area contributed by atoms with Crippen LogP contribution in [0, 0.1) is 18.3 Å². The molecule has 6 heteroatoms. The Hall–Kier alpha value is -2.84. The molecule has 2 rings (SSSR count). The van der Waals surface area contributed by atoms with Crippen molar-refractivity contribution in [1.82, 2.24) is 4.98 Å². The highest BCUT2D eigenvalue weighted by Gasteiger charge is 2.14. The maximum absolute atomic E-state index is 12.3. The number of hydrogen-bond acceptors (Lipinski definition) is 4. The number of carbonyl (C=O) groups excluding carboxylic acids is 1. The molecule has 116 valence electrons. The van der Waals surface area contributed by atoms with Gasteiger partial charge in [0.25, 0.3) is 5.91 Å². The predicted molar refractivity (Wildman–Crippen MR) is 89.2 cm³/mol. The van der Waals surface area contributed by atoms with Crippen molar-refractivity contribution in [3.8, 4) is 11.8 Å². The zero-order chi connectivity index (χ0) is 16.8.